The van der Waals surface area contributed by atoms with Crippen LogP contribution in [0.4, 0.5) is 0 Å². The maximum Gasteiger partial charge on any atom is 0.224 e. The maximum absolute atomic E-state index is 11.2. The van der Waals surface area contributed by atoms with Gasteiger partial charge in [-0.1, -0.05) is 38.1 Å². The second-order valence-electron chi connectivity index (χ2n) is 6.27. The van der Waals surface area contributed by atoms with Crippen LogP contribution >= 0.6 is 0 Å². The Morgan fingerprint density at radius 2 is 1.74 bits per heavy atom. The molecule has 3 N–H and O–H groups in total. The molecule has 0 aliphatic carbocycles. The molecule has 3 nitrogen and oxygen atoms in total. The smallest absolute Gasteiger partial charge is 0.224 e. The summed E-state index contributed by atoms with van der Waals surface area (Å²) in [6.45, 7) is 9.51. The average molecular weight is 262 g/mol. The number of nitrogens with one attached hydrogen (secondary N) is 1. The number of primary amides is 1. The monoisotopic (exact) mass is 262 g/mol. The minimum atomic E-state index is -0.502. The summed E-state index contributed by atoms with van der Waals surface area (Å²) in [7, 11) is 0. The van der Waals surface area contributed by atoms with Gasteiger partial charge in [0.15, 0.2) is 0 Å². The summed E-state index contributed by atoms with van der Waals surface area (Å²) in [5.41, 5.74) is 7.44. The third-order valence-electron chi connectivity index (χ3n) is 3.23. The number of hydrogen-bond donors (Lipinski definition) is 2. The zero-order valence-corrected chi connectivity index (χ0v) is 12.5. The molecular formula is C16H26N2O. The van der Waals surface area contributed by atoms with Crippen molar-refractivity contribution in [3.63, 3.8) is 0 Å². The van der Waals surface area contributed by atoms with Crippen molar-refractivity contribution in [2.24, 2.45) is 17.1 Å². The molecule has 3 heteroatoms. The summed E-state index contributed by atoms with van der Waals surface area (Å²) in [6.07, 6.45) is 1.11. The number of carbonyl (C=O) groups is 1. The van der Waals surface area contributed by atoms with Crippen LogP contribution < -0.4 is 11.1 Å². The number of carbonyl (C=O) groups excluding carboxylic acids is 1. The van der Waals surface area contributed by atoms with Gasteiger partial charge in [0.05, 0.1) is 5.41 Å². The largest absolute Gasteiger partial charge is 0.369 e. The molecule has 0 saturated carbocycles. The molecule has 0 fully saturated rings. The predicted molar refractivity (Wildman–Crippen MR) is 79.7 cm³/mol. The van der Waals surface area contributed by atoms with Crippen LogP contribution in [0.25, 0.3) is 0 Å². The van der Waals surface area contributed by atoms with E-state index in [0.717, 1.165) is 13.0 Å². The molecule has 0 aliphatic heterocycles. The highest BCUT2D eigenvalue weighted by Crippen LogP contribution is 2.13. The first-order chi connectivity index (χ1) is 8.81. The fourth-order valence-electron chi connectivity index (χ4n) is 1.87. The van der Waals surface area contributed by atoms with Gasteiger partial charge in [0, 0.05) is 13.1 Å². The van der Waals surface area contributed by atoms with Gasteiger partial charge in [0.1, 0.15) is 0 Å². The van der Waals surface area contributed by atoms with Crippen molar-refractivity contribution in [1.29, 1.82) is 0 Å². The van der Waals surface area contributed by atoms with Crippen molar-refractivity contribution in [3.8, 4) is 0 Å². The van der Waals surface area contributed by atoms with Gasteiger partial charge in [-0.05, 0) is 37.3 Å². The van der Waals surface area contributed by atoms with Crippen LogP contribution in [0.5, 0.6) is 0 Å². The van der Waals surface area contributed by atoms with Crippen molar-refractivity contribution in [3.05, 3.63) is 35.4 Å². The minimum Gasteiger partial charge on any atom is -0.369 e. The molecule has 0 spiro atoms. The number of benzene rings is 1. The fourth-order valence-corrected chi connectivity index (χ4v) is 1.87. The maximum atomic E-state index is 11.2. The van der Waals surface area contributed by atoms with Crippen LogP contribution in [0, 0.1) is 11.3 Å². The van der Waals surface area contributed by atoms with Crippen LogP contribution in [-0.4, -0.2) is 12.5 Å². The third-order valence-corrected chi connectivity index (χ3v) is 3.23. The average Bonchev–Trinajstić information content (AvgIpc) is 2.30. The molecule has 1 amide bonds. The van der Waals surface area contributed by atoms with E-state index in [1.54, 1.807) is 0 Å². The molecule has 0 saturated heterocycles. The predicted octanol–water partition coefficient (Wildman–Crippen LogP) is 2.49. The molecule has 1 rings (SSSR count). The van der Waals surface area contributed by atoms with E-state index in [-0.39, 0.29) is 5.91 Å². The highest BCUT2D eigenvalue weighted by atomic mass is 16.1. The van der Waals surface area contributed by atoms with Crippen LogP contribution in [0.3, 0.4) is 0 Å². The highest BCUT2D eigenvalue weighted by Gasteiger charge is 2.23. The van der Waals surface area contributed by atoms with Crippen molar-refractivity contribution >= 4 is 5.91 Å². The van der Waals surface area contributed by atoms with Crippen molar-refractivity contribution in [2.75, 3.05) is 6.54 Å². The van der Waals surface area contributed by atoms with Crippen molar-refractivity contribution < 1.29 is 4.79 Å². The lowest BCUT2D eigenvalue weighted by atomic mass is 9.92. The summed E-state index contributed by atoms with van der Waals surface area (Å²) in [5.74, 6) is 0.410. The number of nitrogens with two attached hydrogens (primary N) is 1. The van der Waals surface area contributed by atoms with Crippen LogP contribution in [0.15, 0.2) is 24.3 Å². The van der Waals surface area contributed by atoms with Gasteiger partial charge < -0.3 is 11.1 Å². The Hall–Kier alpha value is -1.35. The van der Waals surface area contributed by atoms with Gasteiger partial charge in [-0.25, -0.2) is 0 Å². The number of amides is 1. The molecule has 0 bridgehead atoms. The highest BCUT2D eigenvalue weighted by molar-refractivity contribution is 5.80. The Morgan fingerprint density at radius 3 is 2.21 bits per heavy atom. The van der Waals surface area contributed by atoms with Gasteiger partial charge in [-0.2, -0.15) is 0 Å². The molecule has 19 heavy (non-hydrogen) atoms. The van der Waals surface area contributed by atoms with Crippen LogP contribution in [0.2, 0.25) is 0 Å². The van der Waals surface area contributed by atoms with E-state index < -0.39 is 5.41 Å². The van der Waals surface area contributed by atoms with E-state index >= 15 is 0 Å². The SMILES string of the molecule is CC(C)Cc1ccc(CNCC(C)(C)C(N)=O)cc1. The molecule has 106 valence electrons. The summed E-state index contributed by atoms with van der Waals surface area (Å²) in [6, 6.07) is 8.64. The molecule has 1 aromatic carbocycles. The lowest BCUT2D eigenvalue weighted by Gasteiger charge is -2.20. The van der Waals surface area contributed by atoms with E-state index in [4.69, 9.17) is 5.73 Å². The Balaban J connectivity index is 2.44. The molecule has 0 radical (unpaired) electrons. The number of rotatable bonds is 7. The summed E-state index contributed by atoms with van der Waals surface area (Å²) >= 11 is 0. The van der Waals surface area contributed by atoms with Crippen LogP contribution in [-0.2, 0) is 17.8 Å². The topological polar surface area (TPSA) is 55.1 Å². The second-order valence-corrected chi connectivity index (χ2v) is 6.27. The zero-order valence-electron chi connectivity index (χ0n) is 12.5. The molecule has 0 aliphatic rings. The van der Waals surface area contributed by atoms with Crippen molar-refractivity contribution in [1.82, 2.24) is 5.32 Å². The number of hydrogen-bond acceptors (Lipinski definition) is 2. The Labute approximate surface area is 116 Å². The lowest BCUT2D eigenvalue weighted by Crippen LogP contribution is -2.40. The molecule has 0 aromatic heterocycles. The first-order valence-corrected chi connectivity index (χ1v) is 6.89. The molecule has 0 heterocycles. The van der Waals surface area contributed by atoms with Gasteiger partial charge in [-0.15, -0.1) is 0 Å². The summed E-state index contributed by atoms with van der Waals surface area (Å²) < 4.78 is 0. The summed E-state index contributed by atoms with van der Waals surface area (Å²) in [4.78, 5) is 11.2. The first-order valence-electron chi connectivity index (χ1n) is 6.89. The second kappa shape index (κ2) is 6.71. The molecule has 0 atom stereocenters. The standard InChI is InChI=1S/C16H26N2O/c1-12(2)9-13-5-7-14(8-6-13)10-18-11-16(3,4)15(17)19/h5-8,12,18H,9-11H2,1-4H3,(H2,17,19). The lowest BCUT2D eigenvalue weighted by molar-refractivity contribution is -0.125. The van der Waals surface area contributed by atoms with E-state index in [1.165, 1.54) is 11.1 Å². The van der Waals surface area contributed by atoms with Gasteiger partial charge in [0.2, 0.25) is 5.91 Å². The Kier molecular flexibility index (Phi) is 5.55. The van der Waals surface area contributed by atoms with Gasteiger partial charge >= 0.3 is 0 Å². The van der Waals surface area contributed by atoms with Crippen molar-refractivity contribution in [2.45, 2.75) is 40.7 Å². The van der Waals surface area contributed by atoms with Gasteiger partial charge in [-0.3, -0.25) is 4.79 Å². The first kappa shape index (κ1) is 15.7. The van der Waals surface area contributed by atoms with E-state index in [0.29, 0.717) is 12.5 Å². The van der Waals surface area contributed by atoms with Crippen LogP contribution in [0.1, 0.15) is 38.8 Å². The van der Waals surface area contributed by atoms with Gasteiger partial charge in [0.25, 0.3) is 0 Å². The summed E-state index contributed by atoms with van der Waals surface area (Å²) in [5, 5.41) is 3.28. The fraction of sp³-hybridized carbons (Fsp3) is 0.562. The normalized spacial score (nSPS) is 11.8. The quantitative estimate of drug-likeness (QED) is 0.793. The van der Waals surface area contributed by atoms with E-state index in [2.05, 4.69) is 43.4 Å². The molecule has 1 aromatic rings. The molecular weight excluding hydrogens is 236 g/mol. The van der Waals surface area contributed by atoms with E-state index in [1.807, 2.05) is 13.8 Å². The Morgan fingerprint density at radius 1 is 1.21 bits per heavy atom. The minimum absolute atomic E-state index is 0.271. The molecule has 0 unspecified atom stereocenters. The van der Waals surface area contributed by atoms with E-state index in [9.17, 15) is 4.79 Å². The Bertz CT molecular complexity index is 407. The zero-order chi connectivity index (χ0) is 14.5. The third kappa shape index (κ3) is 5.43.